The van der Waals surface area contributed by atoms with E-state index in [1.165, 1.54) is 25.1 Å². The predicted molar refractivity (Wildman–Crippen MR) is 58.4 cm³/mol. The van der Waals surface area contributed by atoms with Crippen LogP contribution >= 0.6 is 34.2 Å². The molecule has 1 rings (SSSR count). The van der Waals surface area contributed by atoms with Crippen LogP contribution in [0, 0.1) is 9.39 Å². The van der Waals surface area contributed by atoms with Gasteiger partial charge < -0.3 is 0 Å². The number of ketones is 1. The average molecular weight is 313 g/mol. The molecule has 0 amide bonds. The molecule has 0 radical (unpaired) electrons. The van der Waals surface area contributed by atoms with Crippen LogP contribution in [0.25, 0.3) is 0 Å². The molecule has 0 aliphatic rings. The zero-order valence-corrected chi connectivity index (χ0v) is 9.76. The summed E-state index contributed by atoms with van der Waals surface area (Å²) in [5, 5.41) is -0.674. The number of halogens is 3. The van der Waals surface area contributed by atoms with Gasteiger partial charge in [-0.05, 0) is 47.2 Å². The van der Waals surface area contributed by atoms with Gasteiger partial charge in [0.05, 0.1) is 0 Å². The van der Waals surface area contributed by atoms with Crippen LogP contribution < -0.4 is 0 Å². The van der Waals surface area contributed by atoms with E-state index < -0.39 is 5.38 Å². The van der Waals surface area contributed by atoms with Crippen LogP contribution in [0.3, 0.4) is 0 Å². The lowest BCUT2D eigenvalue weighted by Gasteiger charge is -2.07. The minimum absolute atomic E-state index is 0.133. The fourth-order valence-electron chi connectivity index (χ4n) is 0.926. The fourth-order valence-corrected chi connectivity index (χ4v) is 2.09. The van der Waals surface area contributed by atoms with Crippen molar-refractivity contribution in [3.05, 3.63) is 33.1 Å². The molecule has 13 heavy (non-hydrogen) atoms. The van der Waals surface area contributed by atoms with Gasteiger partial charge in [-0.15, -0.1) is 11.6 Å². The Bertz CT molecular complexity index is 340. The molecule has 0 bridgehead atoms. The molecule has 0 aliphatic heterocycles. The van der Waals surface area contributed by atoms with Gasteiger partial charge in [-0.1, -0.05) is 6.07 Å². The minimum atomic E-state index is -0.674. The summed E-state index contributed by atoms with van der Waals surface area (Å²) in [6.45, 7) is 1.41. The summed E-state index contributed by atoms with van der Waals surface area (Å²) in [6, 6.07) is 4.19. The van der Waals surface area contributed by atoms with E-state index in [9.17, 15) is 9.18 Å². The Kier molecular flexibility index (Phi) is 3.67. The highest BCUT2D eigenvalue weighted by atomic mass is 127. The summed E-state index contributed by atoms with van der Waals surface area (Å²) in [7, 11) is 0. The van der Waals surface area contributed by atoms with Crippen LogP contribution in [0.4, 0.5) is 4.39 Å². The first-order chi connectivity index (χ1) is 6.02. The number of alkyl halides is 1. The third-order valence-electron chi connectivity index (χ3n) is 1.59. The number of carbonyl (C=O) groups excluding carboxylic acids is 1. The molecule has 0 aliphatic carbocycles. The lowest BCUT2D eigenvalue weighted by molar-refractivity contribution is -0.116. The largest absolute Gasteiger partial charge is 0.298 e. The van der Waals surface area contributed by atoms with Crippen molar-refractivity contribution in [3.8, 4) is 0 Å². The van der Waals surface area contributed by atoms with Crippen molar-refractivity contribution in [1.82, 2.24) is 0 Å². The van der Waals surface area contributed by atoms with E-state index in [-0.39, 0.29) is 11.6 Å². The second-order valence-corrected chi connectivity index (χ2v) is 4.24. The van der Waals surface area contributed by atoms with Gasteiger partial charge in [0.1, 0.15) is 11.2 Å². The van der Waals surface area contributed by atoms with Crippen molar-refractivity contribution in [1.29, 1.82) is 0 Å². The number of hydrogen-bond acceptors (Lipinski definition) is 1. The molecule has 1 aromatic rings. The molecular weight excluding hydrogens is 305 g/mol. The normalized spacial score (nSPS) is 12.6. The Morgan fingerprint density at radius 2 is 2.23 bits per heavy atom. The topological polar surface area (TPSA) is 17.1 Å². The van der Waals surface area contributed by atoms with Gasteiger partial charge in [-0.3, -0.25) is 4.79 Å². The molecule has 0 saturated carbocycles. The van der Waals surface area contributed by atoms with E-state index in [0.717, 1.165) is 0 Å². The molecule has 0 heterocycles. The summed E-state index contributed by atoms with van der Waals surface area (Å²) in [4.78, 5) is 11.0. The number of Topliss-reactive ketones (excluding diaryl/α,β-unsaturated/α-hetero) is 1. The van der Waals surface area contributed by atoms with E-state index in [0.29, 0.717) is 9.13 Å². The van der Waals surface area contributed by atoms with Crippen LogP contribution in [0.1, 0.15) is 17.9 Å². The zero-order chi connectivity index (χ0) is 10.0. The average Bonchev–Trinajstić information content (AvgIpc) is 2.03. The van der Waals surface area contributed by atoms with Crippen molar-refractivity contribution < 1.29 is 9.18 Å². The molecule has 1 nitrogen and oxygen atoms in total. The third kappa shape index (κ3) is 2.64. The van der Waals surface area contributed by atoms with Crippen LogP contribution in [0.15, 0.2) is 18.2 Å². The molecule has 1 aromatic carbocycles. The van der Waals surface area contributed by atoms with Crippen molar-refractivity contribution in [2.75, 3.05) is 0 Å². The highest BCUT2D eigenvalue weighted by Crippen LogP contribution is 2.26. The van der Waals surface area contributed by atoms with Crippen LogP contribution in [0.5, 0.6) is 0 Å². The summed E-state index contributed by atoms with van der Waals surface area (Å²) in [5.74, 6) is -0.452. The molecular formula is C9H7ClFIO. The number of benzene rings is 1. The van der Waals surface area contributed by atoms with E-state index in [1.54, 1.807) is 0 Å². The van der Waals surface area contributed by atoms with Crippen LogP contribution in [-0.2, 0) is 4.79 Å². The minimum Gasteiger partial charge on any atom is -0.298 e. The van der Waals surface area contributed by atoms with Crippen molar-refractivity contribution in [2.24, 2.45) is 0 Å². The van der Waals surface area contributed by atoms with Gasteiger partial charge in [0.25, 0.3) is 0 Å². The van der Waals surface area contributed by atoms with Gasteiger partial charge in [0.2, 0.25) is 0 Å². The van der Waals surface area contributed by atoms with E-state index in [1.807, 2.05) is 22.6 Å². The monoisotopic (exact) mass is 312 g/mol. The summed E-state index contributed by atoms with van der Waals surface area (Å²) < 4.78 is 13.4. The summed E-state index contributed by atoms with van der Waals surface area (Å²) in [6.07, 6.45) is 0. The molecule has 0 spiro atoms. The highest BCUT2D eigenvalue weighted by Gasteiger charge is 2.15. The van der Waals surface area contributed by atoms with E-state index in [2.05, 4.69) is 0 Å². The lowest BCUT2D eigenvalue weighted by atomic mass is 10.1. The van der Waals surface area contributed by atoms with Gasteiger partial charge in [0, 0.05) is 3.57 Å². The highest BCUT2D eigenvalue weighted by molar-refractivity contribution is 14.1. The Morgan fingerprint density at radius 3 is 2.69 bits per heavy atom. The van der Waals surface area contributed by atoms with E-state index in [4.69, 9.17) is 11.6 Å². The number of rotatable bonds is 2. The predicted octanol–water partition coefficient (Wildman–Crippen LogP) is 3.30. The summed E-state index contributed by atoms with van der Waals surface area (Å²) >= 11 is 7.78. The Hall–Kier alpha value is -0.160. The molecule has 0 saturated heterocycles. The SMILES string of the molecule is CC(=O)C(Cl)c1ccc(F)cc1I. The molecule has 0 fully saturated rings. The molecule has 4 heteroatoms. The number of hydrogen-bond donors (Lipinski definition) is 0. The molecule has 0 aromatic heterocycles. The third-order valence-corrected chi connectivity index (χ3v) is 3.07. The van der Waals surface area contributed by atoms with Gasteiger partial charge in [-0.25, -0.2) is 4.39 Å². The first-order valence-electron chi connectivity index (χ1n) is 3.62. The smallest absolute Gasteiger partial charge is 0.152 e. The van der Waals surface area contributed by atoms with Crippen LogP contribution in [0.2, 0.25) is 0 Å². The summed E-state index contributed by atoms with van der Waals surface area (Å²) in [5.41, 5.74) is 0.663. The molecule has 0 N–H and O–H groups in total. The van der Waals surface area contributed by atoms with Crippen LogP contribution in [-0.4, -0.2) is 5.78 Å². The van der Waals surface area contributed by atoms with Crippen molar-refractivity contribution >= 4 is 40.0 Å². The molecule has 70 valence electrons. The lowest BCUT2D eigenvalue weighted by Crippen LogP contribution is -2.03. The van der Waals surface area contributed by atoms with Gasteiger partial charge >= 0.3 is 0 Å². The molecule has 1 unspecified atom stereocenters. The number of carbonyl (C=O) groups is 1. The quantitative estimate of drug-likeness (QED) is 0.605. The first kappa shape index (κ1) is 10.9. The Balaban J connectivity index is 3.08. The standard InChI is InChI=1S/C9H7ClFIO/c1-5(13)9(10)7-3-2-6(11)4-8(7)12/h2-4,9H,1H3. The maximum Gasteiger partial charge on any atom is 0.152 e. The zero-order valence-electron chi connectivity index (χ0n) is 6.85. The van der Waals surface area contributed by atoms with E-state index >= 15 is 0 Å². The maximum atomic E-state index is 12.7. The second-order valence-electron chi connectivity index (χ2n) is 2.64. The Labute approximate surface area is 94.4 Å². The maximum absolute atomic E-state index is 12.7. The van der Waals surface area contributed by atoms with Crippen molar-refractivity contribution in [2.45, 2.75) is 12.3 Å². The van der Waals surface area contributed by atoms with Gasteiger partial charge in [0.15, 0.2) is 5.78 Å². The molecule has 1 atom stereocenters. The van der Waals surface area contributed by atoms with Gasteiger partial charge in [-0.2, -0.15) is 0 Å². The fraction of sp³-hybridized carbons (Fsp3) is 0.222. The van der Waals surface area contributed by atoms with Crippen molar-refractivity contribution in [3.63, 3.8) is 0 Å². The first-order valence-corrected chi connectivity index (χ1v) is 5.13. The Morgan fingerprint density at radius 1 is 1.62 bits per heavy atom. The second kappa shape index (κ2) is 4.37.